The predicted octanol–water partition coefficient (Wildman–Crippen LogP) is 6.35. The van der Waals surface area contributed by atoms with E-state index in [-0.39, 0.29) is 27.7 Å². The maximum Gasteiger partial charge on any atom is 0.430 e. The Bertz CT molecular complexity index is 1240. The molecule has 1 amide bonds. The fourth-order valence-electron chi connectivity index (χ4n) is 2.72. The number of nitrogens with two attached hydrogens (primary N) is 2. The Hall–Kier alpha value is -3.49. The summed E-state index contributed by atoms with van der Waals surface area (Å²) >= 11 is 11.9. The Morgan fingerprint density at radius 2 is 1.61 bits per heavy atom. The van der Waals surface area contributed by atoms with Crippen LogP contribution in [0.15, 0.2) is 83.5 Å². The number of hydrogen-bond acceptors (Lipinski definition) is 4. The first-order valence-corrected chi connectivity index (χ1v) is 10.1. The molecule has 5 nitrogen and oxygen atoms in total. The van der Waals surface area contributed by atoms with E-state index in [2.05, 4.69) is 10.3 Å². The largest absolute Gasteiger partial charge is 0.430 e. The van der Waals surface area contributed by atoms with Crippen LogP contribution < -0.4 is 16.8 Å². The van der Waals surface area contributed by atoms with Gasteiger partial charge in [-0.15, -0.1) is 0 Å². The van der Waals surface area contributed by atoms with Crippen molar-refractivity contribution in [3.8, 4) is 0 Å². The van der Waals surface area contributed by atoms with Crippen molar-refractivity contribution in [1.82, 2.24) is 0 Å². The molecule has 0 aromatic heterocycles. The SMILES string of the molecule is NC(=CC(=Nc1ccccc1Cl)c1ccc(C(=O)Nc2ccc(Cl)cc2N)cc1)C(F)(F)F. The maximum absolute atomic E-state index is 13.0. The Morgan fingerprint density at radius 1 is 0.970 bits per heavy atom. The van der Waals surface area contributed by atoms with Crippen LogP contribution in [-0.4, -0.2) is 17.8 Å². The summed E-state index contributed by atoms with van der Waals surface area (Å²) in [6.07, 6.45) is -4.02. The van der Waals surface area contributed by atoms with Crippen LogP contribution in [0, 0.1) is 0 Å². The minimum atomic E-state index is -4.74. The van der Waals surface area contributed by atoms with Crippen molar-refractivity contribution in [3.05, 3.63) is 99.7 Å². The third kappa shape index (κ3) is 6.27. The molecule has 0 aliphatic heterocycles. The number of carbonyl (C=O) groups is 1. The van der Waals surface area contributed by atoms with E-state index in [4.69, 9.17) is 34.7 Å². The summed E-state index contributed by atoms with van der Waals surface area (Å²) in [4.78, 5) is 16.8. The van der Waals surface area contributed by atoms with Crippen molar-refractivity contribution in [2.75, 3.05) is 11.1 Å². The molecule has 3 aromatic carbocycles. The Kier molecular flexibility index (Phi) is 7.30. The number of carbonyl (C=O) groups excluding carboxylic acids is 1. The van der Waals surface area contributed by atoms with Gasteiger partial charge >= 0.3 is 6.18 Å². The molecule has 0 aliphatic carbocycles. The second kappa shape index (κ2) is 9.97. The summed E-state index contributed by atoms with van der Waals surface area (Å²) in [5.41, 5.74) is 11.1. The molecule has 33 heavy (non-hydrogen) atoms. The first-order valence-electron chi connectivity index (χ1n) is 9.39. The van der Waals surface area contributed by atoms with Crippen molar-refractivity contribution in [2.24, 2.45) is 10.7 Å². The van der Waals surface area contributed by atoms with Crippen LogP contribution in [0.1, 0.15) is 15.9 Å². The monoisotopic (exact) mass is 492 g/mol. The van der Waals surface area contributed by atoms with E-state index in [0.717, 1.165) is 0 Å². The molecular formula is C23H17Cl2F3N4O. The van der Waals surface area contributed by atoms with E-state index in [0.29, 0.717) is 22.3 Å². The molecule has 10 heteroatoms. The van der Waals surface area contributed by atoms with Crippen molar-refractivity contribution < 1.29 is 18.0 Å². The van der Waals surface area contributed by atoms with Crippen LogP contribution in [0.4, 0.5) is 30.2 Å². The minimum absolute atomic E-state index is 0.0770. The zero-order chi connectivity index (χ0) is 24.2. The molecule has 0 saturated heterocycles. The highest BCUT2D eigenvalue weighted by atomic mass is 35.5. The number of nitrogens with zero attached hydrogens (tertiary/aromatic N) is 1. The summed E-state index contributed by atoms with van der Waals surface area (Å²) in [7, 11) is 0. The minimum Gasteiger partial charge on any atom is -0.397 e. The van der Waals surface area contributed by atoms with Crippen LogP contribution in [0.2, 0.25) is 10.0 Å². The number of halogens is 5. The number of hydrogen-bond donors (Lipinski definition) is 3. The van der Waals surface area contributed by atoms with Crippen LogP contribution in [0.3, 0.4) is 0 Å². The Labute approximate surface area is 197 Å². The third-order valence-corrected chi connectivity index (χ3v) is 4.97. The molecule has 0 bridgehead atoms. The van der Waals surface area contributed by atoms with Gasteiger partial charge in [0, 0.05) is 16.1 Å². The first-order chi connectivity index (χ1) is 15.5. The van der Waals surface area contributed by atoms with Gasteiger partial charge in [-0.25, -0.2) is 4.99 Å². The number of para-hydroxylation sites is 1. The normalized spacial score (nSPS) is 12.5. The molecule has 0 atom stereocenters. The lowest BCUT2D eigenvalue weighted by molar-refractivity contribution is -0.0925. The molecule has 5 N–H and O–H groups in total. The number of anilines is 2. The van der Waals surface area contributed by atoms with Crippen molar-refractivity contribution in [1.29, 1.82) is 0 Å². The third-order valence-electron chi connectivity index (χ3n) is 4.42. The molecule has 0 unspecified atom stereocenters. The molecule has 170 valence electrons. The fraction of sp³-hybridized carbons (Fsp3) is 0.0435. The van der Waals surface area contributed by atoms with Gasteiger partial charge in [-0.3, -0.25) is 4.79 Å². The number of nitrogen functional groups attached to an aromatic ring is 1. The van der Waals surface area contributed by atoms with Crippen LogP contribution >= 0.6 is 23.2 Å². The van der Waals surface area contributed by atoms with Gasteiger partial charge < -0.3 is 16.8 Å². The van der Waals surface area contributed by atoms with E-state index in [1.807, 2.05) is 0 Å². The smallest absolute Gasteiger partial charge is 0.397 e. The second-order valence-electron chi connectivity index (χ2n) is 6.81. The zero-order valence-corrected chi connectivity index (χ0v) is 18.3. The number of benzene rings is 3. The molecule has 0 radical (unpaired) electrons. The van der Waals surface area contributed by atoms with Gasteiger partial charge in [0.2, 0.25) is 0 Å². The van der Waals surface area contributed by atoms with E-state index in [9.17, 15) is 18.0 Å². The standard InChI is InChI=1S/C23H17Cl2F3N4O/c24-15-9-10-19(17(29)11-15)32-22(33)14-7-5-13(6-8-14)20(12-21(30)23(26,27)28)31-18-4-2-1-3-16(18)25/h1-12H,29-30H2,(H,32,33). The lowest BCUT2D eigenvalue weighted by Crippen LogP contribution is -2.21. The average molecular weight is 493 g/mol. The second-order valence-corrected chi connectivity index (χ2v) is 7.65. The predicted molar refractivity (Wildman–Crippen MR) is 126 cm³/mol. The van der Waals surface area contributed by atoms with Crippen molar-refractivity contribution >= 4 is 51.9 Å². The molecule has 0 saturated carbocycles. The maximum atomic E-state index is 13.0. The first kappa shape index (κ1) is 24.2. The van der Waals surface area contributed by atoms with E-state index in [1.165, 1.54) is 30.3 Å². The molecule has 0 spiro atoms. The Morgan fingerprint density at radius 3 is 2.21 bits per heavy atom. The molecule has 3 rings (SSSR count). The van der Waals surface area contributed by atoms with Gasteiger partial charge in [-0.2, -0.15) is 13.2 Å². The highest BCUT2D eigenvalue weighted by Crippen LogP contribution is 2.27. The van der Waals surface area contributed by atoms with E-state index in [1.54, 1.807) is 36.4 Å². The van der Waals surface area contributed by atoms with Crippen LogP contribution in [0.5, 0.6) is 0 Å². The topological polar surface area (TPSA) is 93.5 Å². The number of amides is 1. The quantitative estimate of drug-likeness (QED) is 0.286. The van der Waals surface area contributed by atoms with Gasteiger partial charge in [-0.1, -0.05) is 47.5 Å². The summed E-state index contributed by atoms with van der Waals surface area (Å²) < 4.78 is 39.1. The number of rotatable bonds is 5. The Balaban J connectivity index is 1.93. The number of allylic oxidation sites excluding steroid dienone is 2. The van der Waals surface area contributed by atoms with Gasteiger partial charge in [0.05, 0.1) is 27.8 Å². The van der Waals surface area contributed by atoms with Crippen LogP contribution in [0.25, 0.3) is 0 Å². The van der Waals surface area contributed by atoms with Gasteiger partial charge in [0.1, 0.15) is 5.70 Å². The van der Waals surface area contributed by atoms with Gasteiger partial charge in [-0.05, 0) is 48.5 Å². The summed E-state index contributed by atoms with van der Waals surface area (Å²) in [6.45, 7) is 0. The van der Waals surface area contributed by atoms with Crippen molar-refractivity contribution in [2.45, 2.75) is 6.18 Å². The highest BCUT2D eigenvalue weighted by Gasteiger charge is 2.31. The lowest BCUT2D eigenvalue weighted by atomic mass is 10.1. The number of aliphatic imine (C=N–C) groups is 1. The van der Waals surface area contributed by atoms with Crippen LogP contribution in [-0.2, 0) is 0 Å². The van der Waals surface area contributed by atoms with Gasteiger partial charge in [0.25, 0.3) is 5.91 Å². The fourth-order valence-corrected chi connectivity index (χ4v) is 3.07. The number of nitrogens with one attached hydrogen (secondary N) is 1. The summed E-state index contributed by atoms with van der Waals surface area (Å²) in [5, 5.41) is 3.33. The van der Waals surface area contributed by atoms with Crippen molar-refractivity contribution in [3.63, 3.8) is 0 Å². The highest BCUT2D eigenvalue weighted by molar-refractivity contribution is 6.33. The molecule has 0 heterocycles. The molecule has 0 aliphatic rings. The molecular weight excluding hydrogens is 476 g/mol. The average Bonchev–Trinajstić information content (AvgIpc) is 2.76. The van der Waals surface area contributed by atoms with E-state index >= 15 is 0 Å². The zero-order valence-electron chi connectivity index (χ0n) is 16.8. The summed E-state index contributed by atoms with van der Waals surface area (Å²) in [5.74, 6) is -0.467. The van der Waals surface area contributed by atoms with Gasteiger partial charge in [0.15, 0.2) is 0 Å². The summed E-state index contributed by atoms with van der Waals surface area (Å²) in [6, 6.07) is 16.8. The molecule has 3 aromatic rings. The number of alkyl halides is 3. The lowest BCUT2D eigenvalue weighted by Gasteiger charge is -2.11. The molecule has 0 fully saturated rings. The van der Waals surface area contributed by atoms with E-state index < -0.39 is 17.8 Å².